The molecule has 0 bridgehead atoms. The molecular formula is C17H28N2O3. The van der Waals surface area contributed by atoms with Gasteiger partial charge in [-0.2, -0.15) is 0 Å². The Morgan fingerprint density at radius 2 is 1.73 bits per heavy atom. The van der Waals surface area contributed by atoms with Crippen molar-refractivity contribution in [3.05, 3.63) is 29.8 Å². The van der Waals surface area contributed by atoms with Gasteiger partial charge >= 0.3 is 0 Å². The van der Waals surface area contributed by atoms with Crippen LogP contribution in [-0.2, 0) is 6.42 Å². The van der Waals surface area contributed by atoms with Gasteiger partial charge < -0.3 is 14.9 Å². The van der Waals surface area contributed by atoms with E-state index in [2.05, 4.69) is 28.9 Å². The number of nitrogens with zero attached hydrogens (tertiary/aromatic N) is 2. The maximum Gasteiger partial charge on any atom is 0.119 e. The van der Waals surface area contributed by atoms with E-state index in [4.69, 9.17) is 9.84 Å². The van der Waals surface area contributed by atoms with Crippen LogP contribution in [0.3, 0.4) is 0 Å². The van der Waals surface area contributed by atoms with Crippen LogP contribution in [0, 0.1) is 0 Å². The third kappa shape index (κ3) is 5.57. The molecule has 5 nitrogen and oxygen atoms in total. The summed E-state index contributed by atoms with van der Waals surface area (Å²) >= 11 is 0. The highest BCUT2D eigenvalue weighted by molar-refractivity contribution is 5.27. The summed E-state index contributed by atoms with van der Waals surface area (Å²) in [5, 5.41) is 19.0. The first-order valence-corrected chi connectivity index (χ1v) is 8.16. The van der Waals surface area contributed by atoms with Gasteiger partial charge in [0.15, 0.2) is 0 Å². The van der Waals surface area contributed by atoms with Crippen LogP contribution in [0.15, 0.2) is 24.3 Å². The lowest BCUT2D eigenvalue weighted by atomic mass is 10.2. The second-order valence-electron chi connectivity index (χ2n) is 5.83. The largest absolute Gasteiger partial charge is 0.491 e. The van der Waals surface area contributed by atoms with Gasteiger partial charge in [-0.1, -0.05) is 19.1 Å². The monoisotopic (exact) mass is 308 g/mol. The average molecular weight is 308 g/mol. The molecule has 0 spiro atoms. The van der Waals surface area contributed by atoms with E-state index < -0.39 is 6.10 Å². The number of aliphatic hydroxyl groups excluding tert-OH is 2. The van der Waals surface area contributed by atoms with Gasteiger partial charge in [-0.25, -0.2) is 0 Å². The molecule has 1 fully saturated rings. The van der Waals surface area contributed by atoms with E-state index in [1.807, 2.05) is 12.1 Å². The standard InChI is InChI=1S/C17H28N2O3/c1-2-15-3-5-17(6-4-15)22-14-16(21)13-19-9-7-18(8-10-19)11-12-20/h3-6,16,20-21H,2,7-14H2,1H3/t16-/m1/s1. The zero-order chi connectivity index (χ0) is 15.8. The van der Waals surface area contributed by atoms with Crippen LogP contribution in [0.5, 0.6) is 5.75 Å². The fourth-order valence-corrected chi connectivity index (χ4v) is 2.70. The Morgan fingerprint density at radius 3 is 2.32 bits per heavy atom. The molecule has 0 unspecified atom stereocenters. The number of β-amino-alcohol motifs (C(OH)–C–C–N with tert-alkyl or cyclic N) is 2. The van der Waals surface area contributed by atoms with Crippen molar-refractivity contribution in [3.8, 4) is 5.75 Å². The Balaban J connectivity index is 1.66. The molecule has 1 aliphatic rings. The summed E-state index contributed by atoms with van der Waals surface area (Å²) in [7, 11) is 0. The van der Waals surface area contributed by atoms with E-state index in [1.165, 1.54) is 5.56 Å². The number of aliphatic hydroxyl groups is 2. The molecule has 1 saturated heterocycles. The highest BCUT2D eigenvalue weighted by Crippen LogP contribution is 2.13. The van der Waals surface area contributed by atoms with Gasteiger partial charge in [-0.05, 0) is 24.1 Å². The molecule has 0 aliphatic carbocycles. The molecule has 0 radical (unpaired) electrons. The average Bonchev–Trinajstić information content (AvgIpc) is 2.55. The molecule has 2 rings (SSSR count). The molecule has 1 heterocycles. The molecule has 5 heteroatoms. The predicted molar refractivity (Wildman–Crippen MR) is 87.3 cm³/mol. The lowest BCUT2D eigenvalue weighted by molar-refractivity contribution is 0.0428. The molecular weight excluding hydrogens is 280 g/mol. The Kier molecular flexibility index (Phi) is 7.12. The Labute approximate surface area is 133 Å². The molecule has 1 aromatic carbocycles. The third-order valence-corrected chi connectivity index (χ3v) is 4.12. The quantitative estimate of drug-likeness (QED) is 0.736. The van der Waals surface area contributed by atoms with E-state index in [1.54, 1.807) is 0 Å². The zero-order valence-electron chi connectivity index (χ0n) is 13.4. The Bertz CT molecular complexity index is 416. The van der Waals surface area contributed by atoms with E-state index in [0.717, 1.165) is 44.9 Å². The normalized spacial score (nSPS) is 18.3. The summed E-state index contributed by atoms with van der Waals surface area (Å²) in [5.74, 6) is 0.809. The first-order valence-electron chi connectivity index (χ1n) is 8.16. The SMILES string of the molecule is CCc1ccc(OC[C@H](O)CN2CCN(CCO)CC2)cc1. The summed E-state index contributed by atoms with van der Waals surface area (Å²) in [6.07, 6.45) is 0.542. The van der Waals surface area contributed by atoms with Crippen LogP contribution in [0.1, 0.15) is 12.5 Å². The van der Waals surface area contributed by atoms with Crippen molar-refractivity contribution in [3.63, 3.8) is 0 Å². The summed E-state index contributed by atoms with van der Waals surface area (Å²) in [6.45, 7) is 7.81. The molecule has 2 N–H and O–H groups in total. The number of ether oxygens (including phenoxy) is 1. The first kappa shape index (κ1) is 17.2. The van der Waals surface area contributed by atoms with Crippen LogP contribution in [0.25, 0.3) is 0 Å². The second kappa shape index (κ2) is 9.10. The van der Waals surface area contributed by atoms with Gasteiger partial charge in [-0.15, -0.1) is 0 Å². The van der Waals surface area contributed by atoms with Gasteiger partial charge in [0.05, 0.1) is 6.61 Å². The molecule has 124 valence electrons. The second-order valence-corrected chi connectivity index (χ2v) is 5.83. The van der Waals surface area contributed by atoms with Crippen molar-refractivity contribution >= 4 is 0 Å². The summed E-state index contributed by atoms with van der Waals surface area (Å²) in [4.78, 5) is 4.50. The van der Waals surface area contributed by atoms with E-state index >= 15 is 0 Å². The van der Waals surface area contributed by atoms with Gasteiger partial charge in [0.2, 0.25) is 0 Å². The van der Waals surface area contributed by atoms with Gasteiger partial charge in [0, 0.05) is 39.3 Å². The topological polar surface area (TPSA) is 56.2 Å². The summed E-state index contributed by atoms with van der Waals surface area (Å²) < 4.78 is 5.65. The fraction of sp³-hybridized carbons (Fsp3) is 0.647. The molecule has 22 heavy (non-hydrogen) atoms. The lowest BCUT2D eigenvalue weighted by Gasteiger charge is -2.35. The highest BCUT2D eigenvalue weighted by Gasteiger charge is 2.19. The predicted octanol–water partition coefficient (Wildman–Crippen LogP) is 0.599. The van der Waals surface area contributed by atoms with Crippen molar-refractivity contribution in [2.75, 3.05) is 52.5 Å². The lowest BCUT2D eigenvalue weighted by Crippen LogP contribution is -2.49. The number of benzene rings is 1. The van der Waals surface area contributed by atoms with Gasteiger partial charge in [-0.3, -0.25) is 9.80 Å². The Morgan fingerprint density at radius 1 is 1.09 bits per heavy atom. The van der Waals surface area contributed by atoms with Crippen LogP contribution in [0.2, 0.25) is 0 Å². The third-order valence-electron chi connectivity index (χ3n) is 4.12. The minimum Gasteiger partial charge on any atom is -0.491 e. The van der Waals surface area contributed by atoms with Crippen molar-refractivity contribution in [2.24, 2.45) is 0 Å². The van der Waals surface area contributed by atoms with Crippen LogP contribution in [0.4, 0.5) is 0 Å². The highest BCUT2D eigenvalue weighted by atomic mass is 16.5. The number of piperazine rings is 1. The van der Waals surface area contributed by atoms with Crippen molar-refractivity contribution in [2.45, 2.75) is 19.4 Å². The molecule has 0 aromatic heterocycles. The van der Waals surface area contributed by atoms with Crippen LogP contribution < -0.4 is 4.74 Å². The Hall–Kier alpha value is -1.14. The van der Waals surface area contributed by atoms with E-state index in [9.17, 15) is 5.11 Å². The number of hydrogen-bond donors (Lipinski definition) is 2. The van der Waals surface area contributed by atoms with Crippen LogP contribution in [-0.4, -0.2) is 78.6 Å². The van der Waals surface area contributed by atoms with Crippen molar-refractivity contribution in [1.82, 2.24) is 9.80 Å². The molecule has 1 aliphatic heterocycles. The van der Waals surface area contributed by atoms with Crippen molar-refractivity contribution in [1.29, 1.82) is 0 Å². The van der Waals surface area contributed by atoms with Gasteiger partial charge in [0.1, 0.15) is 18.5 Å². The zero-order valence-corrected chi connectivity index (χ0v) is 13.4. The molecule has 1 aromatic rings. The first-order chi connectivity index (χ1) is 10.7. The minimum absolute atomic E-state index is 0.216. The van der Waals surface area contributed by atoms with Gasteiger partial charge in [0.25, 0.3) is 0 Å². The summed E-state index contributed by atoms with van der Waals surface area (Å²) in [6, 6.07) is 8.03. The molecule has 0 amide bonds. The minimum atomic E-state index is -0.477. The maximum absolute atomic E-state index is 10.1. The molecule has 1 atom stereocenters. The molecule has 0 saturated carbocycles. The van der Waals surface area contributed by atoms with E-state index in [-0.39, 0.29) is 6.61 Å². The van der Waals surface area contributed by atoms with E-state index in [0.29, 0.717) is 13.2 Å². The summed E-state index contributed by atoms with van der Waals surface area (Å²) in [5.41, 5.74) is 1.29. The fourth-order valence-electron chi connectivity index (χ4n) is 2.70. The number of rotatable bonds is 8. The van der Waals surface area contributed by atoms with Crippen LogP contribution >= 0.6 is 0 Å². The smallest absolute Gasteiger partial charge is 0.119 e. The number of hydrogen-bond acceptors (Lipinski definition) is 5. The number of aryl methyl sites for hydroxylation is 1. The van der Waals surface area contributed by atoms with Crippen molar-refractivity contribution < 1.29 is 14.9 Å². The maximum atomic E-state index is 10.1.